The second kappa shape index (κ2) is 6.05. The van der Waals surface area contributed by atoms with Gasteiger partial charge < -0.3 is 0 Å². The smallest absolute Gasteiger partial charge is 0.293 e. The molecule has 0 aliphatic heterocycles. The highest BCUT2D eigenvalue weighted by molar-refractivity contribution is 8.00. The first kappa shape index (κ1) is 14.8. The molecule has 8 heteroatoms. The molecule has 1 amide bonds. The van der Waals surface area contributed by atoms with Crippen LogP contribution < -0.4 is 11.3 Å². The van der Waals surface area contributed by atoms with Gasteiger partial charge in [0.15, 0.2) is 0 Å². The normalized spacial score (nSPS) is 13.2. The van der Waals surface area contributed by atoms with Gasteiger partial charge in [-0.05, 0) is 18.6 Å². The molecule has 0 saturated heterocycles. The number of aromatic nitrogens is 1. The predicted molar refractivity (Wildman–Crippen MR) is 61.5 cm³/mol. The summed E-state index contributed by atoms with van der Waals surface area (Å²) < 4.78 is 36.9. The highest BCUT2D eigenvalue weighted by Crippen LogP contribution is 2.30. The number of alkyl halides is 3. The summed E-state index contributed by atoms with van der Waals surface area (Å²) in [5.74, 6) is 4.62. The molecule has 100 valence electrons. The molecule has 0 saturated carbocycles. The van der Waals surface area contributed by atoms with Crippen LogP contribution in [0.5, 0.6) is 0 Å². The zero-order valence-electron chi connectivity index (χ0n) is 9.49. The number of hydrazine groups is 1. The molecule has 1 atom stereocenters. The predicted octanol–water partition coefficient (Wildman–Crippen LogP) is 1.96. The van der Waals surface area contributed by atoms with E-state index in [1.165, 1.54) is 6.07 Å². The average molecular weight is 279 g/mol. The summed E-state index contributed by atoms with van der Waals surface area (Å²) in [7, 11) is 0. The number of hydrogen-bond acceptors (Lipinski definition) is 4. The molecule has 1 unspecified atom stereocenters. The van der Waals surface area contributed by atoms with Gasteiger partial charge in [-0.25, -0.2) is 10.8 Å². The summed E-state index contributed by atoms with van der Waals surface area (Å²) in [6.45, 7) is 1.77. The fourth-order valence-electron chi connectivity index (χ4n) is 1.18. The van der Waals surface area contributed by atoms with E-state index in [1.807, 2.05) is 5.43 Å². The van der Waals surface area contributed by atoms with Gasteiger partial charge in [0.25, 0.3) is 0 Å². The molecule has 0 aliphatic carbocycles. The Balaban J connectivity index is 2.77. The van der Waals surface area contributed by atoms with Crippen molar-refractivity contribution in [2.24, 2.45) is 5.84 Å². The first-order valence-corrected chi connectivity index (χ1v) is 5.96. The molecule has 1 aromatic heterocycles. The summed E-state index contributed by atoms with van der Waals surface area (Å²) >= 11 is 1.07. The zero-order chi connectivity index (χ0) is 13.8. The molecule has 0 fully saturated rings. The number of nitrogens with two attached hydrogens (primary N) is 1. The van der Waals surface area contributed by atoms with Crippen LogP contribution in [0.2, 0.25) is 0 Å². The molecule has 0 bridgehead atoms. The van der Waals surface area contributed by atoms with E-state index in [1.54, 1.807) is 6.92 Å². The van der Waals surface area contributed by atoms with Gasteiger partial charge in [0.05, 0.1) is 15.8 Å². The summed E-state index contributed by atoms with van der Waals surface area (Å²) in [5, 5.41) is -0.127. The van der Waals surface area contributed by atoms with Gasteiger partial charge in [0, 0.05) is 6.20 Å². The molecular formula is C10H12F3N3OS. The maximum Gasteiger partial charge on any atom is 0.417 e. The Bertz CT molecular complexity index is 408. The van der Waals surface area contributed by atoms with Crippen LogP contribution in [-0.4, -0.2) is 16.1 Å². The number of rotatable bonds is 4. The summed E-state index contributed by atoms with van der Waals surface area (Å²) in [6.07, 6.45) is -3.17. The van der Waals surface area contributed by atoms with Crippen LogP contribution in [0.1, 0.15) is 18.9 Å². The van der Waals surface area contributed by atoms with E-state index >= 15 is 0 Å². The highest BCUT2D eigenvalue weighted by atomic mass is 32.2. The average Bonchev–Trinajstić information content (AvgIpc) is 2.34. The van der Waals surface area contributed by atoms with Gasteiger partial charge >= 0.3 is 6.18 Å². The Morgan fingerprint density at radius 3 is 2.61 bits per heavy atom. The molecule has 0 radical (unpaired) electrons. The number of halogens is 3. The third-order valence-corrected chi connectivity index (χ3v) is 3.45. The quantitative estimate of drug-likeness (QED) is 0.382. The molecule has 0 aliphatic rings. The minimum Gasteiger partial charge on any atom is -0.293 e. The Labute approximate surface area is 106 Å². The molecule has 1 heterocycles. The van der Waals surface area contributed by atoms with E-state index in [0.717, 1.165) is 24.0 Å². The fraction of sp³-hybridized carbons (Fsp3) is 0.400. The number of amides is 1. The van der Waals surface area contributed by atoms with Crippen molar-refractivity contribution in [3.63, 3.8) is 0 Å². The molecule has 0 aromatic carbocycles. The highest BCUT2D eigenvalue weighted by Gasteiger charge is 2.30. The molecule has 3 N–H and O–H groups in total. The van der Waals surface area contributed by atoms with E-state index in [2.05, 4.69) is 4.98 Å². The lowest BCUT2D eigenvalue weighted by molar-refractivity contribution is -0.137. The fourth-order valence-corrected chi connectivity index (χ4v) is 2.07. The SMILES string of the molecule is CCC(Sc1ccc(C(F)(F)F)cn1)C(=O)NN. The number of thioether (sulfide) groups is 1. The molecule has 18 heavy (non-hydrogen) atoms. The largest absolute Gasteiger partial charge is 0.417 e. The molecule has 1 rings (SSSR count). The second-order valence-corrected chi connectivity index (χ2v) is 4.63. The lowest BCUT2D eigenvalue weighted by Crippen LogP contribution is -2.37. The van der Waals surface area contributed by atoms with Gasteiger partial charge in [-0.1, -0.05) is 18.7 Å². The molecule has 0 spiro atoms. The van der Waals surface area contributed by atoms with E-state index in [-0.39, 0.29) is 5.91 Å². The van der Waals surface area contributed by atoms with Gasteiger partial charge in [-0.15, -0.1) is 0 Å². The van der Waals surface area contributed by atoms with Crippen LogP contribution in [0, 0.1) is 0 Å². The Morgan fingerprint density at radius 1 is 1.56 bits per heavy atom. The van der Waals surface area contributed by atoms with Crippen molar-refractivity contribution >= 4 is 17.7 Å². The third-order valence-electron chi connectivity index (χ3n) is 2.13. The van der Waals surface area contributed by atoms with E-state index in [4.69, 9.17) is 5.84 Å². The van der Waals surface area contributed by atoms with Gasteiger partial charge in [-0.2, -0.15) is 13.2 Å². The molecule has 1 aromatic rings. The van der Waals surface area contributed by atoms with Crippen LogP contribution in [0.25, 0.3) is 0 Å². The number of nitrogens with one attached hydrogen (secondary N) is 1. The monoisotopic (exact) mass is 279 g/mol. The van der Waals surface area contributed by atoms with Gasteiger partial charge in [0.2, 0.25) is 5.91 Å². The van der Waals surface area contributed by atoms with Gasteiger partial charge in [-0.3, -0.25) is 10.2 Å². The number of nitrogens with zero attached hydrogens (tertiary/aromatic N) is 1. The van der Waals surface area contributed by atoms with Crippen LogP contribution >= 0.6 is 11.8 Å². The van der Waals surface area contributed by atoms with Gasteiger partial charge in [0.1, 0.15) is 0 Å². The molecule has 4 nitrogen and oxygen atoms in total. The van der Waals surface area contributed by atoms with Crippen LogP contribution in [-0.2, 0) is 11.0 Å². The first-order chi connectivity index (χ1) is 8.38. The maximum atomic E-state index is 12.3. The van der Waals surface area contributed by atoms with Crippen molar-refractivity contribution in [3.05, 3.63) is 23.9 Å². The lowest BCUT2D eigenvalue weighted by Gasteiger charge is -2.12. The van der Waals surface area contributed by atoms with Crippen molar-refractivity contribution < 1.29 is 18.0 Å². The van der Waals surface area contributed by atoms with E-state index in [9.17, 15) is 18.0 Å². The van der Waals surface area contributed by atoms with E-state index < -0.39 is 17.0 Å². The van der Waals surface area contributed by atoms with Crippen LogP contribution in [0.15, 0.2) is 23.4 Å². The minimum absolute atomic E-state index is 0.346. The standard InChI is InChI=1S/C10H12F3N3OS/c1-2-7(9(17)16-14)18-8-4-3-6(5-15-8)10(11,12)13/h3-5,7H,2,14H2,1H3,(H,16,17). The van der Waals surface area contributed by atoms with Crippen molar-refractivity contribution in [1.82, 2.24) is 10.4 Å². The Hall–Kier alpha value is -1.28. The summed E-state index contributed by atoms with van der Waals surface area (Å²) in [4.78, 5) is 15.0. The Morgan fingerprint density at radius 2 is 2.22 bits per heavy atom. The summed E-state index contributed by atoms with van der Waals surface area (Å²) in [6, 6.07) is 2.17. The number of carbonyl (C=O) groups is 1. The van der Waals surface area contributed by atoms with Crippen LogP contribution in [0.4, 0.5) is 13.2 Å². The van der Waals surface area contributed by atoms with Crippen molar-refractivity contribution in [3.8, 4) is 0 Å². The lowest BCUT2D eigenvalue weighted by atomic mass is 10.3. The maximum absolute atomic E-state index is 12.3. The Kier molecular flexibility index (Phi) is 4.97. The first-order valence-electron chi connectivity index (χ1n) is 5.08. The number of pyridine rings is 1. The molecular weight excluding hydrogens is 267 g/mol. The number of hydrogen-bond donors (Lipinski definition) is 2. The minimum atomic E-state index is -4.41. The summed E-state index contributed by atoms with van der Waals surface area (Å²) in [5.41, 5.74) is 1.19. The van der Waals surface area contributed by atoms with E-state index in [0.29, 0.717) is 11.4 Å². The van der Waals surface area contributed by atoms with Crippen molar-refractivity contribution in [2.75, 3.05) is 0 Å². The van der Waals surface area contributed by atoms with Crippen LogP contribution in [0.3, 0.4) is 0 Å². The second-order valence-electron chi connectivity index (χ2n) is 3.41. The topological polar surface area (TPSA) is 68.0 Å². The zero-order valence-corrected chi connectivity index (χ0v) is 10.3. The van der Waals surface area contributed by atoms with Crippen molar-refractivity contribution in [2.45, 2.75) is 29.8 Å². The number of carbonyl (C=O) groups excluding carboxylic acids is 1. The third kappa shape index (κ3) is 3.88. The van der Waals surface area contributed by atoms with Crippen molar-refractivity contribution in [1.29, 1.82) is 0 Å².